The highest BCUT2D eigenvalue weighted by atomic mass is 19.1. The van der Waals surface area contributed by atoms with Gasteiger partial charge in [0.2, 0.25) is 5.91 Å². The summed E-state index contributed by atoms with van der Waals surface area (Å²) in [6.45, 7) is 1.21. The van der Waals surface area contributed by atoms with E-state index in [0.717, 1.165) is 12.8 Å². The van der Waals surface area contributed by atoms with E-state index in [1.165, 1.54) is 23.2 Å². The quantitative estimate of drug-likeness (QED) is 0.826. The number of hydrazone groups is 1. The van der Waals surface area contributed by atoms with Gasteiger partial charge in [-0.05, 0) is 43.7 Å². The highest BCUT2D eigenvalue weighted by Crippen LogP contribution is 2.24. The van der Waals surface area contributed by atoms with Crippen molar-refractivity contribution in [2.75, 3.05) is 20.1 Å². The molecule has 0 unspecified atom stereocenters. The lowest BCUT2D eigenvalue weighted by atomic mass is 9.91. The molecule has 140 valence electrons. The predicted octanol–water partition coefficient (Wildman–Crippen LogP) is 2.74. The van der Waals surface area contributed by atoms with Crippen LogP contribution in [-0.2, 0) is 16.0 Å². The van der Waals surface area contributed by atoms with E-state index in [0.29, 0.717) is 44.5 Å². The zero-order chi connectivity index (χ0) is 18.7. The average Bonchev–Trinajstić information content (AvgIpc) is 2.63. The van der Waals surface area contributed by atoms with Crippen molar-refractivity contribution >= 4 is 17.5 Å². The second kappa shape index (κ2) is 7.93. The van der Waals surface area contributed by atoms with Crippen LogP contribution in [0.4, 0.5) is 8.78 Å². The van der Waals surface area contributed by atoms with Crippen LogP contribution in [0.5, 0.6) is 0 Å². The molecule has 0 aromatic heterocycles. The van der Waals surface area contributed by atoms with E-state index in [4.69, 9.17) is 0 Å². The minimum absolute atomic E-state index is 0.0926. The molecule has 0 aliphatic carbocycles. The van der Waals surface area contributed by atoms with Crippen LogP contribution in [0, 0.1) is 17.6 Å². The van der Waals surface area contributed by atoms with Crippen molar-refractivity contribution in [3.8, 4) is 0 Å². The topological polar surface area (TPSA) is 53.0 Å². The molecule has 1 saturated heterocycles. The van der Waals surface area contributed by atoms with Crippen LogP contribution in [0.2, 0.25) is 0 Å². The maximum absolute atomic E-state index is 13.8. The molecule has 2 aliphatic heterocycles. The summed E-state index contributed by atoms with van der Waals surface area (Å²) in [6.07, 6.45) is 3.41. The van der Waals surface area contributed by atoms with Crippen molar-refractivity contribution in [2.24, 2.45) is 11.0 Å². The molecule has 0 N–H and O–H groups in total. The highest BCUT2D eigenvalue weighted by Gasteiger charge is 2.29. The van der Waals surface area contributed by atoms with Crippen molar-refractivity contribution < 1.29 is 18.4 Å². The summed E-state index contributed by atoms with van der Waals surface area (Å²) in [6, 6.07) is 3.91. The normalized spacial score (nSPS) is 21.0. The molecule has 2 amide bonds. The van der Waals surface area contributed by atoms with Crippen molar-refractivity contribution in [1.82, 2.24) is 9.91 Å². The Hall–Kier alpha value is -2.31. The third-order valence-electron chi connectivity index (χ3n) is 5.12. The molecule has 0 saturated carbocycles. The van der Waals surface area contributed by atoms with Crippen LogP contribution in [-0.4, -0.2) is 47.6 Å². The molecule has 0 bridgehead atoms. The molecular weight excluding hydrogens is 340 g/mol. The van der Waals surface area contributed by atoms with Gasteiger partial charge in [-0.3, -0.25) is 9.59 Å². The van der Waals surface area contributed by atoms with E-state index in [-0.39, 0.29) is 23.3 Å². The Morgan fingerprint density at radius 1 is 1.27 bits per heavy atom. The van der Waals surface area contributed by atoms with Gasteiger partial charge < -0.3 is 4.90 Å². The molecule has 7 heteroatoms. The number of likely N-dealkylation sites (tertiary alicyclic amines) is 1. The number of rotatable bonds is 4. The molecule has 2 aliphatic rings. The summed E-state index contributed by atoms with van der Waals surface area (Å²) in [5.74, 6) is -1.05. The Balaban J connectivity index is 1.60. The van der Waals surface area contributed by atoms with E-state index >= 15 is 0 Å². The maximum atomic E-state index is 13.8. The zero-order valence-electron chi connectivity index (χ0n) is 14.9. The molecule has 1 fully saturated rings. The summed E-state index contributed by atoms with van der Waals surface area (Å²) in [4.78, 5) is 25.9. The van der Waals surface area contributed by atoms with Crippen molar-refractivity contribution in [3.05, 3.63) is 35.4 Å². The maximum Gasteiger partial charge on any atom is 0.270 e. The summed E-state index contributed by atoms with van der Waals surface area (Å²) < 4.78 is 27.5. The largest absolute Gasteiger partial charge is 0.337 e. The zero-order valence-corrected chi connectivity index (χ0v) is 14.9. The van der Waals surface area contributed by atoms with Crippen LogP contribution < -0.4 is 0 Å². The van der Waals surface area contributed by atoms with Gasteiger partial charge in [0.1, 0.15) is 17.3 Å². The third-order valence-corrected chi connectivity index (χ3v) is 5.12. The molecule has 1 aromatic rings. The van der Waals surface area contributed by atoms with E-state index < -0.39 is 11.6 Å². The summed E-state index contributed by atoms with van der Waals surface area (Å²) in [5, 5.41) is 5.31. The number of nitrogens with zero attached hydrogens (tertiary/aromatic N) is 3. The molecule has 0 spiro atoms. The monoisotopic (exact) mass is 363 g/mol. The number of halogens is 2. The number of amides is 2. The first-order valence-electron chi connectivity index (χ1n) is 9.02. The fourth-order valence-corrected chi connectivity index (χ4v) is 3.61. The molecule has 3 rings (SSSR count). The Bertz CT molecular complexity index is 715. The number of piperidine rings is 1. The Kier molecular flexibility index (Phi) is 5.64. The van der Waals surface area contributed by atoms with Gasteiger partial charge in [-0.15, -0.1) is 0 Å². The first-order valence-corrected chi connectivity index (χ1v) is 9.02. The summed E-state index contributed by atoms with van der Waals surface area (Å²) in [7, 11) is 1.55. The van der Waals surface area contributed by atoms with E-state index in [2.05, 4.69) is 5.10 Å². The van der Waals surface area contributed by atoms with Crippen LogP contribution >= 0.6 is 0 Å². The van der Waals surface area contributed by atoms with Crippen molar-refractivity contribution in [1.29, 1.82) is 0 Å². The summed E-state index contributed by atoms with van der Waals surface area (Å²) >= 11 is 0. The predicted molar refractivity (Wildman–Crippen MR) is 93.4 cm³/mol. The van der Waals surface area contributed by atoms with Crippen LogP contribution in [0.15, 0.2) is 23.3 Å². The lowest BCUT2D eigenvalue weighted by Gasteiger charge is -2.34. The molecule has 1 aromatic carbocycles. The van der Waals surface area contributed by atoms with E-state index in [1.54, 1.807) is 11.9 Å². The number of benzene rings is 1. The fraction of sp³-hybridized carbons (Fsp3) is 0.526. The van der Waals surface area contributed by atoms with Crippen LogP contribution in [0.25, 0.3) is 0 Å². The van der Waals surface area contributed by atoms with Gasteiger partial charge >= 0.3 is 0 Å². The molecule has 26 heavy (non-hydrogen) atoms. The first kappa shape index (κ1) is 18.5. The van der Waals surface area contributed by atoms with Crippen molar-refractivity contribution in [2.45, 2.75) is 38.5 Å². The number of carbonyl (C=O) groups excluding carboxylic acids is 2. The first-order chi connectivity index (χ1) is 12.5. The molecule has 0 radical (unpaired) electrons. The minimum atomic E-state index is -0.516. The van der Waals surface area contributed by atoms with Crippen LogP contribution in [0.1, 0.15) is 37.7 Å². The second-order valence-corrected chi connectivity index (χ2v) is 6.96. The van der Waals surface area contributed by atoms with Gasteiger partial charge in [-0.1, -0.05) is 6.07 Å². The minimum Gasteiger partial charge on any atom is -0.337 e. The lowest BCUT2D eigenvalue weighted by molar-refractivity contribution is -0.131. The fourth-order valence-electron chi connectivity index (χ4n) is 3.61. The van der Waals surface area contributed by atoms with E-state index in [9.17, 15) is 18.4 Å². The van der Waals surface area contributed by atoms with Gasteiger partial charge in [0, 0.05) is 38.5 Å². The Morgan fingerprint density at radius 3 is 2.69 bits per heavy atom. The molecule has 2 heterocycles. The molecule has 1 atom stereocenters. The number of hydrogen-bond acceptors (Lipinski definition) is 3. The van der Waals surface area contributed by atoms with Crippen LogP contribution in [0.3, 0.4) is 0 Å². The smallest absolute Gasteiger partial charge is 0.270 e. The third kappa shape index (κ3) is 4.08. The highest BCUT2D eigenvalue weighted by molar-refractivity contribution is 6.39. The summed E-state index contributed by atoms with van der Waals surface area (Å²) in [5.41, 5.74) is 0.528. The number of carbonyl (C=O) groups is 2. The Morgan fingerprint density at radius 2 is 2.00 bits per heavy atom. The SMILES string of the molecule is CN1N=C(C(=O)N2CCC[C@@H](CCc3c(F)cccc3F)C2)CCC1=O. The van der Waals surface area contributed by atoms with Crippen molar-refractivity contribution in [3.63, 3.8) is 0 Å². The number of hydrogen-bond donors (Lipinski definition) is 0. The van der Waals surface area contributed by atoms with E-state index in [1.807, 2.05) is 0 Å². The molecule has 5 nitrogen and oxygen atoms in total. The standard InChI is InChI=1S/C19H23F2N3O2/c1-23-18(25)10-9-17(22-23)19(26)24-11-3-4-13(12-24)7-8-14-15(20)5-2-6-16(14)21/h2,5-6,13H,3-4,7-12H2,1H3/t13-/m0/s1. The van der Waals surface area contributed by atoms with Gasteiger partial charge in [0.15, 0.2) is 0 Å². The molecular formula is C19H23F2N3O2. The van der Waals surface area contributed by atoms with Gasteiger partial charge in [-0.25, -0.2) is 13.8 Å². The van der Waals surface area contributed by atoms with Gasteiger partial charge in [-0.2, -0.15) is 5.10 Å². The van der Waals surface area contributed by atoms with Gasteiger partial charge in [0.05, 0.1) is 0 Å². The average molecular weight is 363 g/mol. The second-order valence-electron chi connectivity index (χ2n) is 6.96. The van der Waals surface area contributed by atoms with Gasteiger partial charge in [0.25, 0.3) is 5.91 Å². The Labute approximate surface area is 151 Å². The lowest BCUT2D eigenvalue weighted by Crippen LogP contribution is -2.45.